The van der Waals surface area contributed by atoms with Gasteiger partial charge in [0.05, 0.1) is 4.90 Å². The number of sulfone groups is 1. The van der Waals surface area contributed by atoms with Crippen molar-refractivity contribution in [2.24, 2.45) is 4.99 Å². The lowest BCUT2D eigenvalue weighted by Gasteiger charge is -2.26. The number of thiophene rings is 1. The second-order valence-electron chi connectivity index (χ2n) is 7.22. The number of hydrogen-bond acceptors (Lipinski definition) is 5. The maximum Gasteiger partial charge on any atom is 0.244 e. The van der Waals surface area contributed by atoms with E-state index < -0.39 is 9.84 Å². The molecule has 9 heteroatoms. The maximum atomic E-state index is 12.6. The molecule has 0 atom stereocenters. The fourth-order valence-corrected chi connectivity index (χ4v) is 4.80. The van der Waals surface area contributed by atoms with E-state index in [1.807, 2.05) is 24.0 Å². The van der Waals surface area contributed by atoms with Gasteiger partial charge in [0.15, 0.2) is 15.8 Å². The van der Waals surface area contributed by atoms with Crippen LogP contribution in [0.25, 0.3) is 0 Å². The number of amides is 1. The van der Waals surface area contributed by atoms with Crippen molar-refractivity contribution in [3.05, 3.63) is 51.7 Å². The first-order valence-corrected chi connectivity index (χ1v) is 12.8. The SMILES string of the molecule is CCNC(=NCC(=O)N1CCc2sccc2C1)NCCc1ccc(S(C)(=O)=O)cc1. The number of aliphatic imine (C=N–C) groups is 1. The predicted molar refractivity (Wildman–Crippen MR) is 121 cm³/mol. The van der Waals surface area contributed by atoms with Crippen LogP contribution in [0.3, 0.4) is 0 Å². The fraction of sp³-hybridized carbons (Fsp3) is 0.429. The number of carbonyl (C=O) groups excluding carboxylic acids is 1. The lowest BCUT2D eigenvalue weighted by molar-refractivity contribution is -0.130. The largest absolute Gasteiger partial charge is 0.357 e. The second kappa shape index (κ2) is 10.1. The molecule has 1 amide bonds. The highest BCUT2D eigenvalue weighted by atomic mass is 32.2. The van der Waals surface area contributed by atoms with E-state index in [1.54, 1.807) is 23.5 Å². The molecule has 0 aliphatic carbocycles. The van der Waals surface area contributed by atoms with Crippen molar-refractivity contribution in [1.29, 1.82) is 0 Å². The van der Waals surface area contributed by atoms with E-state index in [0.717, 1.165) is 24.9 Å². The Kier molecular flexibility index (Phi) is 7.49. The molecule has 2 heterocycles. The monoisotopic (exact) mass is 448 g/mol. The van der Waals surface area contributed by atoms with Crippen molar-refractivity contribution in [2.45, 2.75) is 31.2 Å². The molecule has 0 fully saturated rings. The molecule has 1 aliphatic heterocycles. The summed E-state index contributed by atoms with van der Waals surface area (Å²) in [6.45, 7) is 4.82. The summed E-state index contributed by atoms with van der Waals surface area (Å²) in [7, 11) is -3.18. The smallest absolute Gasteiger partial charge is 0.244 e. The van der Waals surface area contributed by atoms with Crippen LogP contribution in [0.5, 0.6) is 0 Å². The molecule has 0 spiro atoms. The van der Waals surface area contributed by atoms with Gasteiger partial charge >= 0.3 is 0 Å². The van der Waals surface area contributed by atoms with Crippen LogP contribution in [0.15, 0.2) is 45.6 Å². The molecule has 162 valence electrons. The lowest BCUT2D eigenvalue weighted by atomic mass is 10.1. The average molecular weight is 449 g/mol. The number of nitrogens with one attached hydrogen (secondary N) is 2. The van der Waals surface area contributed by atoms with E-state index >= 15 is 0 Å². The third-order valence-electron chi connectivity index (χ3n) is 4.93. The van der Waals surface area contributed by atoms with Gasteiger partial charge in [-0.05, 0) is 54.5 Å². The van der Waals surface area contributed by atoms with Crippen LogP contribution in [0.2, 0.25) is 0 Å². The summed E-state index contributed by atoms with van der Waals surface area (Å²) in [6, 6.07) is 8.98. The molecule has 0 saturated heterocycles. The molecule has 0 saturated carbocycles. The van der Waals surface area contributed by atoms with Crippen molar-refractivity contribution in [3.63, 3.8) is 0 Å². The summed E-state index contributed by atoms with van der Waals surface area (Å²) in [5.41, 5.74) is 2.28. The first-order valence-electron chi connectivity index (χ1n) is 10.0. The van der Waals surface area contributed by atoms with Gasteiger partial charge in [0.25, 0.3) is 0 Å². The number of carbonyl (C=O) groups is 1. The van der Waals surface area contributed by atoms with Crippen LogP contribution < -0.4 is 10.6 Å². The van der Waals surface area contributed by atoms with Gasteiger partial charge in [-0.2, -0.15) is 0 Å². The third-order valence-corrected chi connectivity index (χ3v) is 7.09. The molecular weight excluding hydrogens is 420 g/mol. The highest BCUT2D eigenvalue weighted by Crippen LogP contribution is 2.23. The number of benzene rings is 1. The van der Waals surface area contributed by atoms with Gasteiger partial charge in [0, 0.05) is 37.3 Å². The normalized spacial score (nSPS) is 14.3. The summed E-state index contributed by atoms with van der Waals surface area (Å²) in [5, 5.41) is 8.48. The van der Waals surface area contributed by atoms with Gasteiger partial charge in [-0.3, -0.25) is 4.79 Å². The molecule has 0 radical (unpaired) electrons. The van der Waals surface area contributed by atoms with E-state index in [-0.39, 0.29) is 12.5 Å². The van der Waals surface area contributed by atoms with Crippen molar-refractivity contribution >= 4 is 33.0 Å². The lowest BCUT2D eigenvalue weighted by Crippen LogP contribution is -2.40. The quantitative estimate of drug-likeness (QED) is 0.498. The maximum absolute atomic E-state index is 12.6. The van der Waals surface area contributed by atoms with Gasteiger partial charge in [0.2, 0.25) is 5.91 Å². The summed E-state index contributed by atoms with van der Waals surface area (Å²) in [6.07, 6.45) is 2.83. The Morgan fingerprint density at radius 2 is 1.97 bits per heavy atom. The van der Waals surface area contributed by atoms with Crippen LogP contribution in [-0.4, -0.2) is 57.6 Å². The van der Waals surface area contributed by atoms with E-state index in [4.69, 9.17) is 0 Å². The molecular formula is C21H28N4O3S2. The zero-order valence-electron chi connectivity index (χ0n) is 17.3. The van der Waals surface area contributed by atoms with Crippen LogP contribution in [-0.2, 0) is 34.0 Å². The Bertz CT molecular complexity index is 998. The second-order valence-corrected chi connectivity index (χ2v) is 10.2. The Labute approximate surface area is 182 Å². The standard InChI is InChI=1S/C21H28N4O3S2/c1-3-22-21(23-11-8-16-4-6-18(7-5-16)30(2,27)28)24-14-20(26)25-12-9-19-17(15-25)10-13-29-19/h4-7,10,13H,3,8-9,11-12,14-15H2,1-2H3,(H2,22,23,24). The van der Waals surface area contributed by atoms with Gasteiger partial charge in [-0.25, -0.2) is 13.4 Å². The number of nitrogens with zero attached hydrogens (tertiary/aromatic N) is 2. The van der Waals surface area contributed by atoms with Gasteiger partial charge in [-0.15, -0.1) is 11.3 Å². The zero-order valence-corrected chi connectivity index (χ0v) is 19.0. The van der Waals surface area contributed by atoms with Crippen LogP contribution in [0.4, 0.5) is 0 Å². The van der Waals surface area contributed by atoms with E-state index in [2.05, 4.69) is 27.1 Å². The van der Waals surface area contributed by atoms with Gasteiger partial charge < -0.3 is 15.5 Å². The number of rotatable bonds is 7. The van der Waals surface area contributed by atoms with Crippen molar-refractivity contribution in [2.75, 3.05) is 32.4 Å². The molecule has 0 bridgehead atoms. The first kappa shape index (κ1) is 22.3. The molecule has 0 unspecified atom stereocenters. The molecule has 1 aliphatic rings. The Morgan fingerprint density at radius 1 is 1.20 bits per heavy atom. The molecule has 3 rings (SSSR count). The van der Waals surface area contributed by atoms with E-state index in [0.29, 0.717) is 30.5 Å². The van der Waals surface area contributed by atoms with Crippen LogP contribution >= 0.6 is 11.3 Å². The van der Waals surface area contributed by atoms with Gasteiger partial charge in [0.1, 0.15) is 6.54 Å². The highest BCUT2D eigenvalue weighted by molar-refractivity contribution is 7.90. The zero-order chi connectivity index (χ0) is 21.6. The Hall–Kier alpha value is -2.39. The summed E-state index contributed by atoms with van der Waals surface area (Å²) in [4.78, 5) is 20.6. The highest BCUT2D eigenvalue weighted by Gasteiger charge is 2.21. The van der Waals surface area contributed by atoms with Crippen LogP contribution in [0, 0.1) is 0 Å². The number of guanidine groups is 1. The molecule has 1 aromatic carbocycles. The van der Waals surface area contributed by atoms with E-state index in [9.17, 15) is 13.2 Å². The predicted octanol–water partition coefficient (Wildman–Crippen LogP) is 1.83. The van der Waals surface area contributed by atoms with Crippen LogP contribution in [0.1, 0.15) is 22.9 Å². The van der Waals surface area contributed by atoms with E-state index in [1.165, 1.54) is 16.7 Å². The van der Waals surface area contributed by atoms with Gasteiger partial charge in [-0.1, -0.05) is 12.1 Å². The van der Waals surface area contributed by atoms with Crippen molar-refractivity contribution in [1.82, 2.24) is 15.5 Å². The van der Waals surface area contributed by atoms with Crippen molar-refractivity contribution < 1.29 is 13.2 Å². The molecule has 7 nitrogen and oxygen atoms in total. The Morgan fingerprint density at radius 3 is 2.67 bits per heavy atom. The summed E-state index contributed by atoms with van der Waals surface area (Å²) in [5.74, 6) is 0.632. The number of fused-ring (bicyclic) bond motifs is 1. The number of hydrogen-bond donors (Lipinski definition) is 2. The Balaban J connectivity index is 1.50. The third kappa shape index (κ3) is 6.06. The topological polar surface area (TPSA) is 90.9 Å². The first-order chi connectivity index (χ1) is 14.4. The molecule has 2 aromatic rings. The fourth-order valence-electron chi connectivity index (χ4n) is 3.28. The minimum absolute atomic E-state index is 0.0282. The average Bonchev–Trinajstić information content (AvgIpc) is 3.19. The summed E-state index contributed by atoms with van der Waals surface area (Å²) < 4.78 is 23.1. The minimum Gasteiger partial charge on any atom is -0.357 e. The molecule has 30 heavy (non-hydrogen) atoms. The molecule has 2 N–H and O–H groups in total. The molecule has 1 aromatic heterocycles. The van der Waals surface area contributed by atoms with Crippen molar-refractivity contribution in [3.8, 4) is 0 Å². The summed E-state index contributed by atoms with van der Waals surface area (Å²) >= 11 is 1.76. The minimum atomic E-state index is -3.18.